The highest BCUT2D eigenvalue weighted by atomic mass is 32.2. The first-order chi connectivity index (χ1) is 14.7. The van der Waals surface area contributed by atoms with Crippen molar-refractivity contribution < 1.29 is 9.13 Å². The lowest BCUT2D eigenvalue weighted by Crippen LogP contribution is -2.37. The number of halogens is 1. The van der Waals surface area contributed by atoms with Crippen molar-refractivity contribution in [2.24, 2.45) is 0 Å². The van der Waals surface area contributed by atoms with Gasteiger partial charge in [0.05, 0.1) is 10.9 Å². The van der Waals surface area contributed by atoms with Crippen LogP contribution in [-0.2, 0) is 10.9 Å². The number of rotatable bonds is 5. The van der Waals surface area contributed by atoms with Crippen molar-refractivity contribution >= 4 is 10.9 Å². The summed E-state index contributed by atoms with van der Waals surface area (Å²) in [6, 6.07) is 26.0. The third kappa shape index (κ3) is 4.55. The van der Waals surface area contributed by atoms with Crippen LogP contribution in [0.15, 0.2) is 93.5 Å². The van der Waals surface area contributed by atoms with Crippen molar-refractivity contribution in [2.45, 2.75) is 59.3 Å². The molecule has 1 aliphatic rings. The molecule has 0 amide bonds. The van der Waals surface area contributed by atoms with Crippen molar-refractivity contribution in [1.82, 2.24) is 0 Å². The molecule has 1 aliphatic carbocycles. The van der Waals surface area contributed by atoms with Gasteiger partial charge in [0.1, 0.15) is 0 Å². The van der Waals surface area contributed by atoms with E-state index < -0.39 is 5.60 Å². The summed E-state index contributed by atoms with van der Waals surface area (Å²) in [5, 5.41) is 0. The predicted octanol–water partition coefficient (Wildman–Crippen LogP) is 7.03. The molecule has 1 saturated carbocycles. The van der Waals surface area contributed by atoms with E-state index in [1.807, 2.05) is 49.4 Å². The molecule has 0 spiro atoms. The summed E-state index contributed by atoms with van der Waals surface area (Å²) < 4.78 is 21.5. The fraction of sp³-hybridized carbons (Fsp3) is 0.259. The zero-order valence-electron chi connectivity index (χ0n) is 17.2. The molecule has 3 aromatic carbocycles. The smallest absolute Gasteiger partial charge is 0.170 e. The van der Waals surface area contributed by atoms with Gasteiger partial charge in [0.25, 0.3) is 0 Å². The monoisotopic (exact) mass is 417 g/mol. The maximum Gasteiger partial charge on any atom is 0.170 e. The van der Waals surface area contributed by atoms with E-state index in [2.05, 4.69) is 36.1 Å². The van der Waals surface area contributed by atoms with Gasteiger partial charge >= 0.3 is 0 Å². The van der Waals surface area contributed by atoms with Crippen molar-refractivity contribution in [1.29, 1.82) is 0 Å². The number of benzene rings is 3. The highest BCUT2D eigenvalue weighted by Crippen LogP contribution is 2.37. The van der Waals surface area contributed by atoms with Crippen molar-refractivity contribution in [3.63, 3.8) is 0 Å². The molecule has 0 aliphatic heterocycles. The zero-order valence-corrected chi connectivity index (χ0v) is 18.1. The van der Waals surface area contributed by atoms with Gasteiger partial charge in [-0.3, -0.25) is 0 Å². The van der Waals surface area contributed by atoms with Crippen LogP contribution in [0.4, 0.5) is 4.39 Å². The molecule has 1 fully saturated rings. The molecule has 1 nitrogen and oxygen atoms in total. The van der Waals surface area contributed by atoms with Gasteiger partial charge in [-0.1, -0.05) is 48.7 Å². The first-order valence-corrected chi connectivity index (χ1v) is 11.7. The quantitative estimate of drug-likeness (QED) is 0.320. The van der Waals surface area contributed by atoms with Crippen LogP contribution in [0.3, 0.4) is 0 Å². The van der Waals surface area contributed by atoms with Crippen LogP contribution in [-0.4, -0.2) is 5.60 Å². The second-order valence-corrected chi connectivity index (χ2v) is 9.58. The summed E-state index contributed by atoms with van der Waals surface area (Å²) in [5.74, 6) is 6.20. The Balaban J connectivity index is 1.69. The van der Waals surface area contributed by atoms with Gasteiger partial charge in [-0.2, -0.15) is 0 Å². The Hall–Kier alpha value is -2.70. The van der Waals surface area contributed by atoms with Crippen LogP contribution >= 0.6 is 0 Å². The van der Waals surface area contributed by atoms with Gasteiger partial charge < -0.3 is 4.74 Å². The Morgan fingerprint density at radius 3 is 1.93 bits per heavy atom. The molecule has 0 bridgehead atoms. The second kappa shape index (κ2) is 9.41. The Morgan fingerprint density at radius 1 is 0.800 bits per heavy atom. The van der Waals surface area contributed by atoms with E-state index in [0.717, 1.165) is 40.4 Å². The minimum absolute atomic E-state index is 0.299. The lowest BCUT2D eigenvalue weighted by molar-refractivity contribution is 0.0822. The fourth-order valence-electron chi connectivity index (χ4n) is 4.03. The average molecular weight is 418 g/mol. The Morgan fingerprint density at radius 2 is 1.40 bits per heavy atom. The van der Waals surface area contributed by atoms with E-state index in [-0.39, 0.29) is 16.7 Å². The number of hydrogen-bond donors (Lipinski definition) is 0. The Kier molecular flexibility index (Phi) is 6.45. The molecule has 4 rings (SSSR count). The molecule has 3 heteroatoms. The Labute approximate surface area is 181 Å². The van der Waals surface area contributed by atoms with E-state index in [4.69, 9.17) is 4.74 Å². The second-order valence-electron chi connectivity index (χ2n) is 7.56. The van der Waals surface area contributed by atoms with Gasteiger partial charge in [-0.25, -0.2) is 4.39 Å². The molecule has 30 heavy (non-hydrogen) atoms. The lowest BCUT2D eigenvalue weighted by atomic mass is 9.85. The molecule has 0 unspecified atom stereocenters. The minimum Gasteiger partial charge on any atom is -0.472 e. The predicted molar refractivity (Wildman–Crippen MR) is 121 cm³/mol. The van der Waals surface area contributed by atoms with Crippen LogP contribution < -0.4 is 4.74 Å². The van der Waals surface area contributed by atoms with Gasteiger partial charge in [-0.05, 0) is 69.0 Å². The van der Waals surface area contributed by atoms with E-state index >= 15 is 4.39 Å². The standard InChI is InChI=1S/C27H26FOS/c1-2-18-27(19-10-5-11-20-27)29-26-17-16-24(21-25(26)28)30(22-12-6-3-7-13-22)23-14-8-4-9-15-23/h3-4,6-9,12-17,21H,5,10-11,19-20H2,1H3/q+1. The first kappa shape index (κ1) is 20.6. The molecule has 3 aromatic rings. The summed E-state index contributed by atoms with van der Waals surface area (Å²) in [6.07, 6.45) is 5.04. The van der Waals surface area contributed by atoms with Gasteiger partial charge in [-0.15, -0.1) is 5.92 Å². The van der Waals surface area contributed by atoms with E-state index in [0.29, 0.717) is 5.75 Å². The SMILES string of the molecule is CC#CC1(Oc2ccc([S+](c3ccccc3)c3ccccc3)cc2F)CCCCC1. The van der Waals surface area contributed by atoms with Crippen LogP contribution in [0.25, 0.3) is 0 Å². The lowest BCUT2D eigenvalue weighted by Gasteiger charge is -2.33. The third-order valence-electron chi connectivity index (χ3n) is 5.42. The third-order valence-corrected chi connectivity index (χ3v) is 7.63. The van der Waals surface area contributed by atoms with Crippen molar-refractivity contribution in [2.75, 3.05) is 0 Å². The summed E-state index contributed by atoms with van der Waals surface area (Å²) in [5.41, 5.74) is -0.560. The molecular formula is C27H26FOS+. The van der Waals surface area contributed by atoms with E-state index in [9.17, 15) is 0 Å². The summed E-state index contributed by atoms with van der Waals surface area (Å²) in [4.78, 5) is 3.27. The molecule has 152 valence electrons. The molecule has 0 atom stereocenters. The van der Waals surface area contributed by atoms with Crippen LogP contribution in [0, 0.1) is 17.7 Å². The maximum atomic E-state index is 15.2. The average Bonchev–Trinajstić information content (AvgIpc) is 2.78. The molecule has 0 N–H and O–H groups in total. The normalized spacial score (nSPS) is 15.3. The highest BCUT2D eigenvalue weighted by Gasteiger charge is 2.34. The molecule has 0 aromatic heterocycles. The van der Waals surface area contributed by atoms with Crippen molar-refractivity contribution in [3.8, 4) is 17.6 Å². The van der Waals surface area contributed by atoms with Crippen LogP contribution in [0.1, 0.15) is 39.0 Å². The van der Waals surface area contributed by atoms with Gasteiger partial charge in [0.15, 0.2) is 31.9 Å². The summed E-state index contributed by atoms with van der Waals surface area (Å²) >= 11 is 0. The fourth-order valence-corrected chi connectivity index (χ4v) is 6.13. The van der Waals surface area contributed by atoms with E-state index in [1.165, 1.54) is 6.42 Å². The maximum absolute atomic E-state index is 15.2. The van der Waals surface area contributed by atoms with Crippen LogP contribution in [0.5, 0.6) is 5.75 Å². The minimum atomic E-state index is -0.560. The van der Waals surface area contributed by atoms with Crippen molar-refractivity contribution in [3.05, 3.63) is 84.7 Å². The largest absolute Gasteiger partial charge is 0.472 e. The zero-order chi connectivity index (χ0) is 20.8. The first-order valence-electron chi connectivity index (χ1n) is 10.5. The van der Waals surface area contributed by atoms with Crippen LogP contribution in [0.2, 0.25) is 0 Å². The van der Waals surface area contributed by atoms with E-state index in [1.54, 1.807) is 12.1 Å². The Bertz CT molecular complexity index is 991. The molecular weight excluding hydrogens is 391 g/mol. The number of ether oxygens (including phenoxy) is 1. The topological polar surface area (TPSA) is 9.23 Å². The number of hydrogen-bond acceptors (Lipinski definition) is 1. The molecule has 0 radical (unpaired) electrons. The van der Waals surface area contributed by atoms with Gasteiger partial charge in [0.2, 0.25) is 0 Å². The van der Waals surface area contributed by atoms with Gasteiger partial charge in [0, 0.05) is 6.07 Å². The summed E-state index contributed by atoms with van der Waals surface area (Å²) in [6.45, 7) is 1.82. The highest BCUT2D eigenvalue weighted by molar-refractivity contribution is 7.97. The summed E-state index contributed by atoms with van der Waals surface area (Å²) in [7, 11) is -0.377. The molecule has 0 saturated heterocycles. The molecule has 0 heterocycles.